The number of carbonyl (C=O) groups is 1. The lowest BCUT2D eigenvalue weighted by Crippen LogP contribution is -2.42. The fourth-order valence-electron chi connectivity index (χ4n) is 0.751. The lowest BCUT2D eigenvalue weighted by molar-refractivity contribution is -0.323. The summed E-state index contributed by atoms with van der Waals surface area (Å²) in [4.78, 5) is 10.9. The van der Waals surface area contributed by atoms with Crippen LogP contribution in [-0.2, 0) is 9.53 Å². The van der Waals surface area contributed by atoms with Crippen LogP contribution in [0.25, 0.3) is 0 Å². The number of hydrogen-bond donors (Lipinski definition) is 2. The monoisotopic (exact) mass is 214 g/mol. The van der Waals surface area contributed by atoms with Gasteiger partial charge in [-0.25, -0.2) is 0 Å². The third-order valence-electron chi connectivity index (χ3n) is 1.46. The molecule has 0 aliphatic carbocycles. The summed E-state index contributed by atoms with van der Waals surface area (Å²) in [6, 6.07) is -0.531. The molecule has 0 heterocycles. The van der Waals surface area contributed by atoms with Crippen LogP contribution in [0.3, 0.4) is 0 Å². The van der Waals surface area contributed by atoms with E-state index in [2.05, 4.69) is 15.4 Å². The zero-order valence-electron chi connectivity index (χ0n) is 7.94. The third kappa shape index (κ3) is 6.67. The molecule has 2 N–H and O–H groups in total. The van der Waals surface area contributed by atoms with Gasteiger partial charge in [0.05, 0.1) is 12.6 Å². The second-order valence-corrected chi connectivity index (χ2v) is 2.58. The van der Waals surface area contributed by atoms with Crippen molar-refractivity contribution in [1.29, 1.82) is 0 Å². The summed E-state index contributed by atoms with van der Waals surface area (Å²) in [6.45, 7) is 1.01. The Morgan fingerprint density at radius 1 is 1.50 bits per heavy atom. The molecule has 0 aliphatic heterocycles. The zero-order valence-corrected chi connectivity index (χ0v) is 7.94. The Hall–Kier alpha value is -0.820. The van der Waals surface area contributed by atoms with Crippen molar-refractivity contribution in [2.75, 3.05) is 20.2 Å². The maximum Gasteiger partial charge on any atom is 0.522 e. The zero-order chi connectivity index (χ0) is 11.2. The van der Waals surface area contributed by atoms with Crippen LogP contribution in [0, 0.1) is 0 Å². The van der Waals surface area contributed by atoms with E-state index in [1.807, 2.05) is 0 Å². The van der Waals surface area contributed by atoms with Crippen LogP contribution in [0.15, 0.2) is 0 Å². The number of amides is 1. The number of halogens is 3. The van der Waals surface area contributed by atoms with Gasteiger partial charge in [0, 0.05) is 13.6 Å². The van der Waals surface area contributed by atoms with Crippen molar-refractivity contribution in [3.63, 3.8) is 0 Å². The van der Waals surface area contributed by atoms with Gasteiger partial charge in [0.15, 0.2) is 0 Å². The minimum absolute atomic E-state index is 0.0336. The van der Waals surface area contributed by atoms with E-state index in [9.17, 15) is 18.0 Å². The van der Waals surface area contributed by atoms with Crippen molar-refractivity contribution in [2.24, 2.45) is 0 Å². The lowest BCUT2D eigenvalue weighted by atomic mass is 10.3. The highest BCUT2D eigenvalue weighted by Crippen LogP contribution is 2.15. The molecule has 0 saturated heterocycles. The predicted molar refractivity (Wildman–Crippen MR) is 43.5 cm³/mol. The van der Waals surface area contributed by atoms with E-state index in [0.717, 1.165) is 0 Å². The molecule has 1 atom stereocenters. The molecule has 1 unspecified atom stereocenters. The quantitative estimate of drug-likeness (QED) is 0.645. The summed E-state index contributed by atoms with van der Waals surface area (Å²) in [6.07, 6.45) is -4.61. The van der Waals surface area contributed by atoms with Gasteiger partial charge in [0.1, 0.15) is 0 Å². The van der Waals surface area contributed by atoms with Gasteiger partial charge in [-0.15, -0.1) is 13.2 Å². The Kier molecular flexibility index (Phi) is 5.47. The summed E-state index contributed by atoms with van der Waals surface area (Å²) in [7, 11) is 1.45. The van der Waals surface area contributed by atoms with E-state index < -0.39 is 19.0 Å². The molecular formula is C7H13F3N2O2. The number of likely N-dealkylation sites (N-methyl/N-ethyl adjacent to an activating group) is 1. The number of alkyl halides is 3. The Balaban J connectivity index is 3.50. The van der Waals surface area contributed by atoms with E-state index >= 15 is 0 Å². The third-order valence-corrected chi connectivity index (χ3v) is 1.46. The van der Waals surface area contributed by atoms with Gasteiger partial charge in [-0.05, 0) is 6.92 Å². The molecule has 0 bridgehead atoms. The van der Waals surface area contributed by atoms with Crippen molar-refractivity contribution in [2.45, 2.75) is 19.3 Å². The summed E-state index contributed by atoms with van der Waals surface area (Å²) < 4.78 is 37.9. The first kappa shape index (κ1) is 13.2. The Morgan fingerprint density at radius 3 is 2.50 bits per heavy atom. The molecule has 7 heteroatoms. The van der Waals surface area contributed by atoms with E-state index in [-0.39, 0.29) is 12.5 Å². The molecule has 1 amide bonds. The highest BCUT2D eigenvalue weighted by molar-refractivity contribution is 5.80. The minimum atomic E-state index is -4.61. The van der Waals surface area contributed by atoms with Crippen LogP contribution >= 0.6 is 0 Å². The summed E-state index contributed by atoms with van der Waals surface area (Å²) in [5.74, 6) is -0.281. The maximum absolute atomic E-state index is 11.5. The average Bonchev–Trinajstić information content (AvgIpc) is 2.09. The summed E-state index contributed by atoms with van der Waals surface area (Å²) in [5.41, 5.74) is 0. The molecule has 0 saturated carbocycles. The van der Waals surface area contributed by atoms with Gasteiger partial charge in [0.2, 0.25) is 5.91 Å². The van der Waals surface area contributed by atoms with Crippen LogP contribution in [0.2, 0.25) is 0 Å². The predicted octanol–water partition coefficient (Wildman–Crippen LogP) is 0.247. The van der Waals surface area contributed by atoms with E-state index in [1.165, 1.54) is 7.05 Å². The molecule has 0 aromatic rings. The average molecular weight is 214 g/mol. The Bertz CT molecular complexity index is 184. The standard InChI is InChI=1S/C7H13F3N2O2/c1-5(6(13)11-2)12-3-4-14-7(8,9)10/h5,12H,3-4H2,1-2H3,(H,11,13). The second-order valence-electron chi connectivity index (χ2n) is 2.58. The lowest BCUT2D eigenvalue weighted by Gasteiger charge is -2.12. The topological polar surface area (TPSA) is 50.4 Å². The van der Waals surface area contributed by atoms with Crippen LogP contribution in [-0.4, -0.2) is 38.5 Å². The van der Waals surface area contributed by atoms with Gasteiger partial charge < -0.3 is 10.6 Å². The molecule has 14 heavy (non-hydrogen) atoms. The van der Waals surface area contributed by atoms with Crippen LogP contribution < -0.4 is 10.6 Å². The first-order valence-electron chi connectivity index (χ1n) is 4.02. The molecule has 0 fully saturated rings. The fourth-order valence-corrected chi connectivity index (χ4v) is 0.751. The SMILES string of the molecule is CNC(=O)C(C)NCCOC(F)(F)F. The van der Waals surface area contributed by atoms with Gasteiger partial charge in [0.25, 0.3) is 0 Å². The molecule has 0 aromatic heterocycles. The Labute approximate surface area is 79.8 Å². The number of hydrogen-bond acceptors (Lipinski definition) is 3. The smallest absolute Gasteiger partial charge is 0.358 e. The first-order chi connectivity index (χ1) is 6.37. The van der Waals surface area contributed by atoms with E-state index in [0.29, 0.717) is 0 Å². The number of nitrogens with one attached hydrogen (secondary N) is 2. The van der Waals surface area contributed by atoms with E-state index in [1.54, 1.807) is 6.92 Å². The van der Waals surface area contributed by atoms with Crippen molar-refractivity contribution >= 4 is 5.91 Å². The van der Waals surface area contributed by atoms with Crippen molar-refractivity contribution in [1.82, 2.24) is 10.6 Å². The van der Waals surface area contributed by atoms with Crippen molar-refractivity contribution < 1.29 is 22.7 Å². The van der Waals surface area contributed by atoms with E-state index in [4.69, 9.17) is 0 Å². The number of carbonyl (C=O) groups excluding carboxylic acids is 1. The molecule has 0 aliphatic rings. The van der Waals surface area contributed by atoms with Gasteiger partial charge >= 0.3 is 6.36 Å². The molecule has 0 rings (SSSR count). The normalized spacial score (nSPS) is 13.8. The van der Waals surface area contributed by atoms with Crippen molar-refractivity contribution in [3.05, 3.63) is 0 Å². The molecule has 0 aromatic carbocycles. The molecular weight excluding hydrogens is 201 g/mol. The van der Waals surface area contributed by atoms with Crippen LogP contribution in [0.4, 0.5) is 13.2 Å². The Morgan fingerprint density at radius 2 is 2.07 bits per heavy atom. The number of ether oxygens (including phenoxy) is 1. The molecule has 4 nitrogen and oxygen atoms in total. The van der Waals surface area contributed by atoms with Crippen LogP contribution in [0.1, 0.15) is 6.92 Å². The first-order valence-corrected chi connectivity index (χ1v) is 4.02. The van der Waals surface area contributed by atoms with Crippen LogP contribution in [0.5, 0.6) is 0 Å². The largest absolute Gasteiger partial charge is 0.522 e. The number of rotatable bonds is 5. The highest BCUT2D eigenvalue weighted by atomic mass is 19.4. The molecule has 0 radical (unpaired) electrons. The minimum Gasteiger partial charge on any atom is -0.358 e. The maximum atomic E-state index is 11.5. The van der Waals surface area contributed by atoms with Gasteiger partial charge in [-0.3, -0.25) is 9.53 Å². The summed E-state index contributed by atoms with van der Waals surface area (Å²) in [5, 5.41) is 4.93. The fraction of sp³-hybridized carbons (Fsp3) is 0.857. The van der Waals surface area contributed by atoms with Gasteiger partial charge in [-0.2, -0.15) is 0 Å². The van der Waals surface area contributed by atoms with Gasteiger partial charge in [-0.1, -0.05) is 0 Å². The molecule has 0 spiro atoms. The van der Waals surface area contributed by atoms with Crippen molar-refractivity contribution in [3.8, 4) is 0 Å². The highest BCUT2D eigenvalue weighted by Gasteiger charge is 2.28. The molecule has 84 valence electrons. The summed E-state index contributed by atoms with van der Waals surface area (Å²) >= 11 is 0. The second kappa shape index (κ2) is 5.82.